The van der Waals surface area contributed by atoms with Gasteiger partial charge < -0.3 is 10.1 Å². The highest BCUT2D eigenvalue weighted by Gasteiger charge is 2.16. The Morgan fingerprint density at radius 2 is 1.92 bits per heavy atom. The van der Waals surface area contributed by atoms with E-state index in [1.807, 2.05) is 6.07 Å². The summed E-state index contributed by atoms with van der Waals surface area (Å²) in [7, 11) is 0. The van der Waals surface area contributed by atoms with Gasteiger partial charge in [0.1, 0.15) is 6.61 Å². The first-order valence-corrected chi connectivity index (χ1v) is 12.2. The van der Waals surface area contributed by atoms with Crippen molar-refractivity contribution in [2.75, 3.05) is 5.32 Å². The van der Waals surface area contributed by atoms with Gasteiger partial charge in [0.15, 0.2) is 11.6 Å². The van der Waals surface area contributed by atoms with Crippen LogP contribution in [0.3, 0.4) is 0 Å². The molecule has 11 heteroatoms. The molecule has 3 aromatic carbocycles. The zero-order valence-electron chi connectivity index (χ0n) is 18.9. The number of aromatic nitrogens is 2. The first kappa shape index (κ1) is 25.7. The molecule has 0 saturated heterocycles. The summed E-state index contributed by atoms with van der Waals surface area (Å²) in [5.41, 5.74) is 2.63. The molecule has 0 atom stereocenters. The van der Waals surface area contributed by atoms with E-state index in [0.717, 1.165) is 11.1 Å². The first-order chi connectivity index (χ1) is 17.2. The van der Waals surface area contributed by atoms with Crippen LogP contribution in [-0.2, 0) is 13.2 Å². The summed E-state index contributed by atoms with van der Waals surface area (Å²) in [6.07, 6.45) is 1.75. The number of carbonyl (C=O) groups is 1. The van der Waals surface area contributed by atoms with Crippen LogP contribution in [-0.4, -0.2) is 20.6 Å². The molecule has 0 saturated carbocycles. The Bertz CT molecular complexity index is 1460. The lowest BCUT2D eigenvalue weighted by Crippen LogP contribution is -2.13. The van der Waals surface area contributed by atoms with Gasteiger partial charge >= 0.3 is 5.69 Å². The molecular weight excluding hydrogens is 571 g/mol. The third kappa shape index (κ3) is 6.23. The minimum absolute atomic E-state index is 0.0625. The van der Waals surface area contributed by atoms with Crippen molar-refractivity contribution in [3.05, 3.63) is 114 Å². The maximum absolute atomic E-state index is 12.9. The lowest BCUT2D eigenvalue weighted by atomic mass is 10.1. The number of hydrogen-bond acceptors (Lipinski definition) is 5. The van der Waals surface area contributed by atoms with Gasteiger partial charge in [-0.2, -0.15) is 5.10 Å². The summed E-state index contributed by atoms with van der Waals surface area (Å²) in [4.78, 5) is 23.7. The summed E-state index contributed by atoms with van der Waals surface area (Å²) in [5.74, 6) is 0.160. The molecule has 4 rings (SSSR count). The molecule has 1 N–H and O–H groups in total. The number of halogens is 3. The van der Waals surface area contributed by atoms with Crippen molar-refractivity contribution in [1.82, 2.24) is 9.78 Å². The molecule has 0 aliphatic heterocycles. The Balaban J connectivity index is 1.43. The zero-order valence-corrected chi connectivity index (χ0v) is 22.0. The van der Waals surface area contributed by atoms with E-state index in [-0.39, 0.29) is 24.0 Å². The summed E-state index contributed by atoms with van der Waals surface area (Å²) >= 11 is 15.5. The van der Waals surface area contributed by atoms with Crippen molar-refractivity contribution in [3.63, 3.8) is 0 Å². The highest BCUT2D eigenvalue weighted by Crippen LogP contribution is 2.29. The van der Waals surface area contributed by atoms with E-state index in [0.29, 0.717) is 38.0 Å². The average molecular weight is 590 g/mol. The van der Waals surface area contributed by atoms with E-state index >= 15 is 0 Å². The highest BCUT2D eigenvalue weighted by atomic mass is 79.9. The van der Waals surface area contributed by atoms with Crippen LogP contribution < -0.4 is 10.1 Å². The Morgan fingerprint density at radius 3 is 2.67 bits per heavy atom. The van der Waals surface area contributed by atoms with Crippen LogP contribution in [0.1, 0.15) is 27.0 Å². The predicted molar refractivity (Wildman–Crippen MR) is 142 cm³/mol. The molecule has 1 heterocycles. The van der Waals surface area contributed by atoms with Crippen LogP contribution in [0.4, 0.5) is 11.5 Å². The van der Waals surface area contributed by atoms with Gasteiger partial charge in [0.05, 0.1) is 26.0 Å². The van der Waals surface area contributed by atoms with Crippen molar-refractivity contribution in [3.8, 4) is 5.75 Å². The zero-order chi connectivity index (χ0) is 25.8. The largest absolute Gasteiger partial charge is 0.482 e. The summed E-state index contributed by atoms with van der Waals surface area (Å²) in [5, 5.41) is 19.5. The molecule has 184 valence electrons. The normalized spacial score (nSPS) is 10.8. The lowest BCUT2D eigenvalue weighted by molar-refractivity contribution is -0.386. The van der Waals surface area contributed by atoms with Crippen molar-refractivity contribution in [2.45, 2.75) is 20.1 Å². The van der Waals surface area contributed by atoms with E-state index in [4.69, 9.17) is 27.9 Å². The minimum Gasteiger partial charge on any atom is -0.482 e. The molecule has 0 bridgehead atoms. The summed E-state index contributed by atoms with van der Waals surface area (Å²) in [6, 6.07) is 16.9. The van der Waals surface area contributed by atoms with Crippen molar-refractivity contribution in [2.24, 2.45) is 0 Å². The van der Waals surface area contributed by atoms with Gasteiger partial charge in [-0.05, 0) is 69.9 Å². The number of nitrogens with zero attached hydrogens (tertiary/aromatic N) is 3. The Kier molecular flexibility index (Phi) is 7.93. The first-order valence-electron chi connectivity index (χ1n) is 10.6. The van der Waals surface area contributed by atoms with Gasteiger partial charge in [0.2, 0.25) is 0 Å². The topological polar surface area (TPSA) is 99.3 Å². The third-order valence-corrected chi connectivity index (χ3v) is 6.49. The number of amides is 1. The second-order valence-corrected chi connectivity index (χ2v) is 9.61. The molecule has 1 aromatic heterocycles. The second-order valence-electron chi connectivity index (χ2n) is 7.94. The van der Waals surface area contributed by atoms with E-state index in [9.17, 15) is 14.9 Å². The molecule has 0 aliphatic carbocycles. The van der Waals surface area contributed by atoms with Crippen molar-refractivity contribution >= 4 is 56.5 Å². The SMILES string of the molecule is Cc1ccc(OCc2cccc(C(=O)Nc3nn(Cc4ccc(Cl)c(Cl)c4)cc3Br)c2)c([N+](=O)[O-])c1. The monoisotopic (exact) mass is 588 g/mol. The van der Waals surface area contributed by atoms with Gasteiger partial charge in [-0.3, -0.25) is 19.6 Å². The van der Waals surface area contributed by atoms with Crippen molar-refractivity contribution in [1.29, 1.82) is 0 Å². The number of aryl methyl sites for hydroxylation is 1. The third-order valence-electron chi connectivity index (χ3n) is 5.17. The Morgan fingerprint density at radius 1 is 1.11 bits per heavy atom. The molecule has 8 nitrogen and oxygen atoms in total. The molecule has 4 aromatic rings. The molecule has 0 unspecified atom stereocenters. The molecular formula is C25H19BrCl2N4O4. The standard InChI is InChI=1S/C25H19BrCl2N4O4/c1-15-5-8-23(22(9-15)32(34)35)36-14-17-3-2-4-18(10-17)25(33)29-24-19(26)13-31(30-24)12-16-6-7-20(27)21(28)11-16/h2-11,13H,12,14H2,1H3,(H,29,30,33). The fraction of sp³-hybridized carbons (Fsp3) is 0.120. The van der Waals surface area contributed by atoms with Crippen LogP contribution in [0.25, 0.3) is 0 Å². The number of nitro benzene ring substituents is 1. The number of nitro groups is 1. The van der Waals surface area contributed by atoms with Gasteiger partial charge in [0.25, 0.3) is 5.91 Å². The van der Waals surface area contributed by atoms with E-state index < -0.39 is 4.92 Å². The van der Waals surface area contributed by atoms with Crippen LogP contribution in [0.15, 0.2) is 71.3 Å². The van der Waals surface area contributed by atoms with E-state index in [2.05, 4.69) is 26.3 Å². The van der Waals surface area contributed by atoms with Crippen LogP contribution >= 0.6 is 39.1 Å². The van der Waals surface area contributed by atoms with Crippen LogP contribution in [0.5, 0.6) is 5.75 Å². The number of nitrogens with one attached hydrogen (secondary N) is 1. The molecule has 1 amide bonds. The number of ether oxygens (including phenoxy) is 1. The Labute approximate surface area is 225 Å². The van der Waals surface area contributed by atoms with E-state index in [1.165, 1.54) is 6.07 Å². The van der Waals surface area contributed by atoms with E-state index in [1.54, 1.807) is 66.3 Å². The smallest absolute Gasteiger partial charge is 0.311 e. The minimum atomic E-state index is -0.481. The van der Waals surface area contributed by atoms with Crippen LogP contribution in [0.2, 0.25) is 10.0 Å². The maximum Gasteiger partial charge on any atom is 0.311 e. The number of benzene rings is 3. The quantitative estimate of drug-likeness (QED) is 0.175. The number of hydrogen-bond donors (Lipinski definition) is 1. The molecule has 0 radical (unpaired) electrons. The maximum atomic E-state index is 12.9. The summed E-state index contributed by atoms with van der Waals surface area (Å²) in [6.45, 7) is 2.27. The summed E-state index contributed by atoms with van der Waals surface area (Å²) < 4.78 is 7.95. The fourth-order valence-electron chi connectivity index (χ4n) is 3.42. The molecule has 0 fully saturated rings. The average Bonchev–Trinajstić information content (AvgIpc) is 3.18. The Hall–Kier alpha value is -3.40. The van der Waals surface area contributed by atoms with Gasteiger partial charge in [-0.25, -0.2) is 0 Å². The molecule has 0 spiro atoms. The van der Waals surface area contributed by atoms with Gasteiger partial charge in [-0.1, -0.05) is 47.5 Å². The second kappa shape index (κ2) is 11.1. The molecule has 0 aliphatic rings. The van der Waals surface area contributed by atoms with Crippen LogP contribution in [0, 0.1) is 17.0 Å². The lowest BCUT2D eigenvalue weighted by Gasteiger charge is -2.09. The highest BCUT2D eigenvalue weighted by molar-refractivity contribution is 9.10. The molecule has 36 heavy (non-hydrogen) atoms. The number of rotatable bonds is 8. The fourth-order valence-corrected chi connectivity index (χ4v) is 4.16. The van der Waals surface area contributed by atoms with Gasteiger partial charge in [0, 0.05) is 17.8 Å². The predicted octanol–water partition coefficient (Wildman–Crippen LogP) is 7.05. The van der Waals surface area contributed by atoms with Gasteiger partial charge in [-0.15, -0.1) is 0 Å². The van der Waals surface area contributed by atoms with Crippen molar-refractivity contribution < 1.29 is 14.5 Å². The number of anilines is 1. The number of carbonyl (C=O) groups excluding carboxylic acids is 1.